The Kier molecular flexibility index (Phi) is 7.85. The van der Waals surface area contributed by atoms with E-state index in [0.29, 0.717) is 34.4 Å². The van der Waals surface area contributed by atoms with Gasteiger partial charge in [0.15, 0.2) is 9.90 Å². The molecule has 2 heterocycles. The maximum absolute atomic E-state index is 12.4. The van der Waals surface area contributed by atoms with E-state index in [1.807, 2.05) is 6.07 Å². The lowest BCUT2D eigenvalue weighted by molar-refractivity contribution is -0.117. The SMILES string of the molecule is C=CCn1c(Cc2csc(NC(=O)C(C)NS(=O)(=O)C=Cc3ccccc3)n2)n[nH]c1=S. The number of nitrogens with zero attached hydrogens (tertiary/aromatic N) is 3. The standard InChI is InChI=1S/C20H22N6O3S3/c1-3-10-26-17(23-24-20(26)30)12-16-13-31-19(21-16)22-18(27)14(2)25-32(28,29)11-9-15-7-5-4-6-8-15/h3-9,11,13-14,25H,1,10,12H2,2H3,(H,24,30)(H,21,22,27). The number of anilines is 1. The molecule has 1 aromatic carbocycles. The van der Waals surface area contributed by atoms with Crippen molar-refractivity contribution in [2.75, 3.05) is 5.32 Å². The smallest absolute Gasteiger partial charge is 0.244 e. The molecule has 32 heavy (non-hydrogen) atoms. The number of allylic oxidation sites excluding steroid dienone is 1. The lowest BCUT2D eigenvalue weighted by atomic mass is 10.2. The molecule has 1 atom stereocenters. The Labute approximate surface area is 195 Å². The third-order valence-corrected chi connectivity index (χ3v) is 6.54. The van der Waals surface area contributed by atoms with Gasteiger partial charge in [-0.3, -0.25) is 14.5 Å². The summed E-state index contributed by atoms with van der Waals surface area (Å²) in [6.45, 7) is 5.69. The Bertz CT molecular complexity index is 1280. The summed E-state index contributed by atoms with van der Waals surface area (Å²) in [5.41, 5.74) is 1.43. The van der Waals surface area contributed by atoms with Crippen LogP contribution >= 0.6 is 23.6 Å². The summed E-state index contributed by atoms with van der Waals surface area (Å²) >= 11 is 6.44. The number of amides is 1. The van der Waals surface area contributed by atoms with Crippen LogP contribution in [0.5, 0.6) is 0 Å². The van der Waals surface area contributed by atoms with E-state index in [9.17, 15) is 13.2 Å². The highest BCUT2D eigenvalue weighted by molar-refractivity contribution is 7.92. The molecule has 3 aromatic rings. The van der Waals surface area contributed by atoms with Crippen LogP contribution in [-0.4, -0.2) is 40.1 Å². The van der Waals surface area contributed by atoms with Crippen molar-refractivity contribution in [1.29, 1.82) is 0 Å². The van der Waals surface area contributed by atoms with Crippen molar-refractivity contribution in [3.63, 3.8) is 0 Å². The van der Waals surface area contributed by atoms with Crippen LogP contribution in [0.25, 0.3) is 6.08 Å². The van der Waals surface area contributed by atoms with Gasteiger partial charge in [0.05, 0.1) is 18.2 Å². The Morgan fingerprint density at radius 2 is 2.12 bits per heavy atom. The zero-order valence-corrected chi connectivity index (χ0v) is 19.6. The lowest BCUT2D eigenvalue weighted by Crippen LogP contribution is -2.40. The summed E-state index contributed by atoms with van der Waals surface area (Å²) in [5.74, 6) is 0.182. The third-order valence-electron chi connectivity index (χ3n) is 4.24. The van der Waals surface area contributed by atoms with Crippen LogP contribution in [0, 0.1) is 4.77 Å². The van der Waals surface area contributed by atoms with Gasteiger partial charge in [-0.15, -0.1) is 17.9 Å². The van der Waals surface area contributed by atoms with Crippen LogP contribution in [0.4, 0.5) is 5.13 Å². The first-order valence-corrected chi connectivity index (χ1v) is 12.4. The molecular formula is C20H22N6O3S3. The molecule has 3 N–H and O–H groups in total. The maximum atomic E-state index is 12.4. The van der Waals surface area contributed by atoms with Crippen LogP contribution in [-0.2, 0) is 27.8 Å². The molecule has 2 aromatic heterocycles. The molecule has 0 fully saturated rings. The summed E-state index contributed by atoms with van der Waals surface area (Å²) in [6.07, 6.45) is 3.60. The number of H-pyrrole nitrogens is 1. The van der Waals surface area contributed by atoms with E-state index in [2.05, 4.69) is 31.8 Å². The first kappa shape index (κ1) is 23.7. The van der Waals surface area contributed by atoms with Crippen LogP contribution in [0.2, 0.25) is 0 Å². The fourth-order valence-corrected chi connectivity index (χ4v) is 4.65. The molecule has 9 nitrogen and oxygen atoms in total. The van der Waals surface area contributed by atoms with Gasteiger partial charge in [0, 0.05) is 17.3 Å². The van der Waals surface area contributed by atoms with Crippen molar-refractivity contribution < 1.29 is 13.2 Å². The van der Waals surface area contributed by atoms with Crippen molar-refractivity contribution in [2.45, 2.75) is 25.9 Å². The average molecular weight is 491 g/mol. The first-order valence-electron chi connectivity index (χ1n) is 9.53. The van der Waals surface area contributed by atoms with Gasteiger partial charge in [0.2, 0.25) is 15.9 Å². The highest BCUT2D eigenvalue weighted by Crippen LogP contribution is 2.18. The van der Waals surface area contributed by atoms with Gasteiger partial charge in [-0.1, -0.05) is 36.4 Å². The molecular weight excluding hydrogens is 468 g/mol. The van der Waals surface area contributed by atoms with E-state index in [1.54, 1.807) is 40.3 Å². The molecule has 0 saturated heterocycles. The minimum atomic E-state index is -3.80. The Morgan fingerprint density at radius 1 is 1.38 bits per heavy atom. The van der Waals surface area contributed by atoms with Gasteiger partial charge >= 0.3 is 0 Å². The molecule has 168 valence electrons. The van der Waals surface area contributed by atoms with E-state index in [1.165, 1.54) is 24.3 Å². The number of aromatic amines is 1. The minimum Gasteiger partial charge on any atom is -0.301 e. The summed E-state index contributed by atoms with van der Waals surface area (Å²) < 4.78 is 29.1. The quantitative estimate of drug-likeness (QED) is 0.297. The molecule has 1 unspecified atom stereocenters. The predicted octanol–water partition coefficient (Wildman–Crippen LogP) is 3.09. The van der Waals surface area contributed by atoms with E-state index in [4.69, 9.17) is 12.2 Å². The van der Waals surface area contributed by atoms with Gasteiger partial charge < -0.3 is 5.32 Å². The second-order valence-corrected chi connectivity index (χ2v) is 9.59. The number of sulfonamides is 1. The summed E-state index contributed by atoms with van der Waals surface area (Å²) in [4.78, 5) is 16.8. The molecule has 0 aliphatic rings. The van der Waals surface area contributed by atoms with Crippen molar-refractivity contribution in [3.8, 4) is 0 Å². The Hall–Kier alpha value is -2.93. The molecule has 1 amide bonds. The number of carbonyl (C=O) groups excluding carboxylic acids is 1. The second-order valence-electron chi connectivity index (χ2n) is 6.75. The van der Waals surface area contributed by atoms with E-state index >= 15 is 0 Å². The highest BCUT2D eigenvalue weighted by Gasteiger charge is 2.20. The molecule has 3 rings (SSSR count). The fourth-order valence-electron chi connectivity index (χ4n) is 2.70. The third kappa shape index (κ3) is 6.53. The van der Waals surface area contributed by atoms with E-state index in [0.717, 1.165) is 11.0 Å². The van der Waals surface area contributed by atoms with Crippen molar-refractivity contribution in [2.24, 2.45) is 0 Å². The van der Waals surface area contributed by atoms with E-state index < -0.39 is 22.0 Å². The lowest BCUT2D eigenvalue weighted by Gasteiger charge is -2.11. The molecule has 0 spiro atoms. The number of aromatic nitrogens is 4. The first-order chi connectivity index (χ1) is 15.3. The molecule has 0 bridgehead atoms. The van der Waals surface area contributed by atoms with Gasteiger partial charge in [-0.05, 0) is 30.8 Å². The van der Waals surface area contributed by atoms with Gasteiger partial charge in [-0.2, -0.15) is 9.82 Å². The number of benzene rings is 1. The summed E-state index contributed by atoms with van der Waals surface area (Å²) in [6, 6.07) is 8.01. The monoisotopic (exact) mass is 490 g/mol. The number of nitrogens with one attached hydrogen (secondary N) is 3. The molecule has 12 heteroatoms. The van der Waals surface area contributed by atoms with Crippen molar-refractivity contribution in [1.82, 2.24) is 24.5 Å². The Balaban J connectivity index is 1.59. The summed E-state index contributed by atoms with van der Waals surface area (Å²) in [5, 5.41) is 12.8. The van der Waals surface area contributed by atoms with Crippen LogP contribution in [0.1, 0.15) is 24.0 Å². The van der Waals surface area contributed by atoms with Gasteiger partial charge in [0.25, 0.3) is 0 Å². The second kappa shape index (κ2) is 10.6. The summed E-state index contributed by atoms with van der Waals surface area (Å²) in [7, 11) is -3.80. The van der Waals surface area contributed by atoms with Gasteiger partial charge in [-0.25, -0.2) is 13.4 Å². The fraction of sp³-hybridized carbons (Fsp3) is 0.200. The van der Waals surface area contributed by atoms with Crippen molar-refractivity contribution in [3.05, 3.63) is 75.6 Å². The van der Waals surface area contributed by atoms with Gasteiger partial charge in [0.1, 0.15) is 5.82 Å². The topological polar surface area (TPSA) is 122 Å². The largest absolute Gasteiger partial charge is 0.301 e. The van der Waals surface area contributed by atoms with Crippen LogP contribution in [0.15, 0.2) is 53.8 Å². The molecule has 0 saturated carbocycles. The maximum Gasteiger partial charge on any atom is 0.244 e. The zero-order valence-electron chi connectivity index (χ0n) is 17.2. The number of hydrogen-bond donors (Lipinski definition) is 3. The highest BCUT2D eigenvalue weighted by atomic mass is 32.2. The number of rotatable bonds is 10. The molecule has 0 aliphatic heterocycles. The number of hydrogen-bond acceptors (Lipinski definition) is 7. The predicted molar refractivity (Wildman–Crippen MR) is 128 cm³/mol. The van der Waals surface area contributed by atoms with Crippen LogP contribution in [0.3, 0.4) is 0 Å². The molecule has 0 radical (unpaired) electrons. The van der Waals surface area contributed by atoms with E-state index in [-0.39, 0.29) is 0 Å². The van der Waals surface area contributed by atoms with Crippen LogP contribution < -0.4 is 10.0 Å². The number of thiazole rings is 1. The zero-order chi connectivity index (χ0) is 23.1. The normalized spacial score (nSPS) is 12.7. The van der Waals surface area contributed by atoms with Crippen molar-refractivity contribution >= 4 is 50.7 Å². The average Bonchev–Trinajstić information content (AvgIpc) is 3.34. The minimum absolute atomic E-state index is 0.361. The Morgan fingerprint density at radius 3 is 2.84 bits per heavy atom. The molecule has 0 aliphatic carbocycles. The number of carbonyl (C=O) groups is 1.